The van der Waals surface area contributed by atoms with E-state index in [1.165, 1.54) is 135 Å². The van der Waals surface area contributed by atoms with Gasteiger partial charge in [0.05, 0.1) is 0 Å². The predicted molar refractivity (Wildman–Crippen MR) is 138 cm³/mol. The highest BCUT2D eigenvalue weighted by atomic mass is 35.5. The maximum absolute atomic E-state index is 2.49. The molecule has 0 fully saturated rings. The minimum Gasteiger partial charge on any atom is -0.302 e. The zero-order valence-electron chi connectivity index (χ0n) is 21.2. The van der Waals surface area contributed by atoms with Gasteiger partial charge in [-0.2, -0.15) is 0 Å². The van der Waals surface area contributed by atoms with Crippen molar-refractivity contribution in [3.8, 4) is 0 Å². The quantitative estimate of drug-likeness (QED) is 0.163. The van der Waals surface area contributed by atoms with Gasteiger partial charge >= 0.3 is 0 Å². The molecule has 0 aliphatic rings. The van der Waals surface area contributed by atoms with E-state index in [1.807, 2.05) is 0 Å². The fraction of sp³-hybridized carbons (Fsp3) is 1.00. The average molecular weight is 432 g/mol. The first-order chi connectivity index (χ1) is 13.5. The van der Waals surface area contributed by atoms with Crippen LogP contribution in [-0.2, 0) is 0 Å². The molecule has 0 aromatic carbocycles. The molecule has 0 aromatic heterocycles. The van der Waals surface area contributed by atoms with Crippen molar-refractivity contribution in [1.82, 2.24) is 4.90 Å². The van der Waals surface area contributed by atoms with Crippen molar-refractivity contribution < 1.29 is 0 Å². The monoisotopic (exact) mass is 431 g/mol. The molecule has 0 saturated carbocycles. The van der Waals surface area contributed by atoms with Crippen LogP contribution in [0.3, 0.4) is 0 Å². The first-order valence-electron chi connectivity index (χ1n) is 13.2. The summed E-state index contributed by atoms with van der Waals surface area (Å²) in [6, 6.07) is 0. The van der Waals surface area contributed by atoms with E-state index in [0.29, 0.717) is 5.54 Å². The molecule has 0 N–H and O–H groups in total. The summed E-state index contributed by atoms with van der Waals surface area (Å²) in [5.41, 5.74) is 0.327. The third-order valence-corrected chi connectivity index (χ3v) is 6.49. The number of halogens is 1. The van der Waals surface area contributed by atoms with Crippen LogP contribution in [-0.4, -0.2) is 24.0 Å². The van der Waals surface area contributed by atoms with E-state index in [0.717, 1.165) is 0 Å². The number of hydrogen-bond acceptors (Lipinski definition) is 1. The molecule has 0 rings (SSSR count). The first-order valence-corrected chi connectivity index (χ1v) is 13.2. The maximum atomic E-state index is 2.49. The van der Waals surface area contributed by atoms with Crippen molar-refractivity contribution in [1.29, 1.82) is 0 Å². The average Bonchev–Trinajstić information content (AvgIpc) is 2.65. The molecule has 0 atom stereocenters. The second-order valence-corrected chi connectivity index (χ2v) is 10.3. The van der Waals surface area contributed by atoms with E-state index in [-0.39, 0.29) is 12.4 Å². The highest BCUT2D eigenvalue weighted by Gasteiger charge is 2.15. The molecule has 1 nitrogen and oxygen atoms in total. The van der Waals surface area contributed by atoms with Crippen molar-refractivity contribution in [3.05, 3.63) is 0 Å². The number of nitrogens with zero attached hydrogens (tertiary/aromatic N) is 1. The van der Waals surface area contributed by atoms with E-state index in [4.69, 9.17) is 0 Å². The summed E-state index contributed by atoms with van der Waals surface area (Å²) in [7, 11) is 2.26. The molecule has 0 aliphatic carbocycles. The van der Waals surface area contributed by atoms with Crippen LogP contribution in [0, 0.1) is 0 Å². The molecule has 2 heteroatoms. The molecule has 29 heavy (non-hydrogen) atoms. The molecule has 0 amide bonds. The Morgan fingerprint density at radius 3 is 0.931 bits per heavy atom. The Labute approximate surface area is 192 Å². The fourth-order valence-corrected chi connectivity index (χ4v) is 3.94. The summed E-state index contributed by atoms with van der Waals surface area (Å²) in [5.74, 6) is 0. The molecule has 0 bridgehead atoms. The highest BCUT2D eigenvalue weighted by Crippen LogP contribution is 2.15. The van der Waals surface area contributed by atoms with Gasteiger partial charge in [0.25, 0.3) is 0 Å². The van der Waals surface area contributed by atoms with Crippen molar-refractivity contribution in [3.63, 3.8) is 0 Å². The number of unbranched alkanes of at least 4 members (excludes halogenated alkanes) is 19. The fourth-order valence-electron chi connectivity index (χ4n) is 3.94. The largest absolute Gasteiger partial charge is 0.302 e. The second kappa shape index (κ2) is 22.9. The van der Waals surface area contributed by atoms with Crippen molar-refractivity contribution in [2.24, 2.45) is 0 Å². The molecule has 0 heterocycles. The van der Waals surface area contributed by atoms with Crippen LogP contribution in [0.15, 0.2) is 0 Å². The maximum Gasteiger partial charge on any atom is 0.0122 e. The topological polar surface area (TPSA) is 3.24 Å². The van der Waals surface area contributed by atoms with Crippen molar-refractivity contribution in [2.45, 2.75) is 162 Å². The minimum atomic E-state index is 0. The molecular weight excluding hydrogens is 374 g/mol. The summed E-state index contributed by atoms with van der Waals surface area (Å²) in [6.07, 6.45) is 29.2. The predicted octanol–water partition coefficient (Wildman–Crippen LogP) is 9.96. The lowest BCUT2D eigenvalue weighted by Crippen LogP contribution is -2.38. The van der Waals surface area contributed by atoms with Crippen LogP contribution in [0.5, 0.6) is 0 Å². The Hall–Kier alpha value is 0.250. The van der Waals surface area contributed by atoms with Crippen LogP contribution >= 0.6 is 12.4 Å². The number of hydrogen-bond donors (Lipinski definition) is 0. The van der Waals surface area contributed by atoms with Gasteiger partial charge in [-0.25, -0.2) is 0 Å². The summed E-state index contributed by atoms with van der Waals surface area (Å²) < 4.78 is 0. The van der Waals surface area contributed by atoms with Gasteiger partial charge in [-0.15, -0.1) is 12.4 Å². The Kier molecular flexibility index (Phi) is 24.9. The smallest absolute Gasteiger partial charge is 0.0122 e. The van der Waals surface area contributed by atoms with Crippen LogP contribution in [0.2, 0.25) is 0 Å². The van der Waals surface area contributed by atoms with Crippen LogP contribution in [0.4, 0.5) is 0 Å². The molecular formula is C27H58ClN. The SMILES string of the molecule is CCCCCCCCCCCCCCCCCCCCCCN(C)C(C)(C)C.Cl. The minimum absolute atomic E-state index is 0. The van der Waals surface area contributed by atoms with E-state index >= 15 is 0 Å². The summed E-state index contributed by atoms with van der Waals surface area (Å²) >= 11 is 0. The molecule has 0 spiro atoms. The van der Waals surface area contributed by atoms with E-state index in [2.05, 4.69) is 39.6 Å². The molecule has 0 aliphatic heterocycles. The lowest BCUT2D eigenvalue weighted by Gasteiger charge is -2.31. The van der Waals surface area contributed by atoms with E-state index in [9.17, 15) is 0 Å². The van der Waals surface area contributed by atoms with Gasteiger partial charge in [0.15, 0.2) is 0 Å². The second-order valence-electron chi connectivity index (χ2n) is 10.3. The van der Waals surface area contributed by atoms with Crippen molar-refractivity contribution in [2.75, 3.05) is 13.6 Å². The zero-order chi connectivity index (χ0) is 20.9. The number of rotatable bonds is 21. The molecule has 0 saturated heterocycles. The van der Waals surface area contributed by atoms with Gasteiger partial charge in [-0.1, -0.05) is 129 Å². The molecule has 0 radical (unpaired) electrons. The van der Waals surface area contributed by atoms with Gasteiger partial charge in [0.1, 0.15) is 0 Å². The van der Waals surface area contributed by atoms with Gasteiger partial charge in [-0.3, -0.25) is 0 Å². The zero-order valence-corrected chi connectivity index (χ0v) is 22.0. The van der Waals surface area contributed by atoms with E-state index in [1.54, 1.807) is 0 Å². The molecule has 0 unspecified atom stereocenters. The summed E-state index contributed by atoms with van der Waals surface area (Å²) in [5, 5.41) is 0. The third-order valence-electron chi connectivity index (χ3n) is 6.49. The van der Waals surface area contributed by atoms with Crippen LogP contribution < -0.4 is 0 Å². The Balaban J connectivity index is 0. The lowest BCUT2D eigenvalue weighted by atomic mass is 10.0. The first kappa shape index (κ1) is 31.4. The highest BCUT2D eigenvalue weighted by molar-refractivity contribution is 5.85. The van der Waals surface area contributed by atoms with Crippen LogP contribution in [0.25, 0.3) is 0 Å². The van der Waals surface area contributed by atoms with Gasteiger partial charge in [0, 0.05) is 5.54 Å². The standard InChI is InChI=1S/C27H57N.ClH/c1-6-7-8-9-10-11-12-13-14-15-16-17-18-19-20-21-22-23-24-25-26-28(5)27(2,3)4;/h6-26H2,1-5H3;1H. The summed E-state index contributed by atoms with van der Waals surface area (Å²) in [4.78, 5) is 2.49. The molecule has 0 aromatic rings. The van der Waals surface area contributed by atoms with Crippen molar-refractivity contribution >= 4 is 12.4 Å². The Morgan fingerprint density at radius 2 is 0.690 bits per heavy atom. The summed E-state index contributed by atoms with van der Waals surface area (Å²) in [6.45, 7) is 10.5. The lowest BCUT2D eigenvalue weighted by molar-refractivity contribution is 0.172. The third kappa shape index (κ3) is 24.4. The molecule has 178 valence electrons. The van der Waals surface area contributed by atoms with Gasteiger partial charge in [0.2, 0.25) is 0 Å². The van der Waals surface area contributed by atoms with Gasteiger partial charge in [-0.05, 0) is 40.8 Å². The Morgan fingerprint density at radius 1 is 0.448 bits per heavy atom. The Bertz CT molecular complexity index is 297. The van der Waals surface area contributed by atoms with Crippen LogP contribution in [0.1, 0.15) is 156 Å². The van der Waals surface area contributed by atoms with E-state index < -0.39 is 0 Å². The normalized spacial score (nSPS) is 11.8. The van der Waals surface area contributed by atoms with Gasteiger partial charge < -0.3 is 4.90 Å².